The topological polar surface area (TPSA) is 0 Å². The van der Waals surface area contributed by atoms with Gasteiger partial charge in [-0.05, 0) is 21.8 Å². The van der Waals surface area contributed by atoms with Crippen LogP contribution >= 0.6 is 11.3 Å². The highest BCUT2D eigenvalue weighted by atomic mass is 32.1. The molecule has 0 aromatic carbocycles. The molecule has 21 heavy (non-hydrogen) atoms. The predicted octanol–water partition coefficient (Wildman–Crippen LogP) is 4.43. The number of thiophene rings is 1. The van der Waals surface area contributed by atoms with Crippen molar-refractivity contribution in [3.63, 3.8) is 0 Å². The molecule has 0 radical (unpaired) electrons. The fraction of sp³-hybridized carbons (Fsp3) is 0.333. The third kappa shape index (κ3) is 2.63. The van der Waals surface area contributed by atoms with Crippen molar-refractivity contribution in [3.05, 3.63) is 59.0 Å². The van der Waals surface area contributed by atoms with Gasteiger partial charge >= 0.3 is 0 Å². The summed E-state index contributed by atoms with van der Waals surface area (Å²) in [7, 11) is -2.88. The van der Waals surface area contributed by atoms with Crippen LogP contribution in [0, 0.1) is 0 Å². The highest BCUT2D eigenvalue weighted by molar-refractivity contribution is 7.37. The summed E-state index contributed by atoms with van der Waals surface area (Å²) in [5.41, 5.74) is 0. The highest BCUT2D eigenvalue weighted by Gasteiger charge is 2.34. The van der Waals surface area contributed by atoms with Crippen LogP contribution in [0.1, 0.15) is 12.8 Å². The Hall–Kier alpha value is -0.906. The minimum Gasteiger partial charge on any atom is -0.154 e. The Labute approximate surface area is 134 Å². The summed E-state index contributed by atoms with van der Waals surface area (Å²) in [5.74, 6) is 0. The van der Waals surface area contributed by atoms with Crippen molar-refractivity contribution in [3.8, 4) is 0 Å². The highest BCUT2D eigenvalue weighted by Crippen LogP contribution is 2.27. The van der Waals surface area contributed by atoms with Gasteiger partial charge in [0.25, 0.3) is 0 Å². The Morgan fingerprint density at radius 1 is 0.762 bits per heavy atom. The molecule has 0 fully saturated rings. The first-order chi connectivity index (χ1) is 9.92. The van der Waals surface area contributed by atoms with Gasteiger partial charge in [0.15, 0.2) is 0 Å². The Bertz CT molecular complexity index is 613. The van der Waals surface area contributed by atoms with Crippen LogP contribution in [0.2, 0.25) is 26.2 Å². The molecule has 0 bridgehead atoms. The maximum Gasteiger partial charge on any atom is 0.120 e. The van der Waals surface area contributed by atoms with Gasteiger partial charge in [0.1, 0.15) is 16.1 Å². The van der Waals surface area contributed by atoms with Gasteiger partial charge in [-0.3, -0.25) is 0 Å². The lowest BCUT2D eigenvalue weighted by Crippen LogP contribution is -2.44. The molecule has 0 atom stereocenters. The molecule has 1 aromatic heterocycles. The van der Waals surface area contributed by atoms with Crippen molar-refractivity contribution in [2.24, 2.45) is 0 Å². The summed E-state index contributed by atoms with van der Waals surface area (Å²) >= 11 is 2.11. The first kappa shape index (κ1) is 15.0. The van der Waals surface area contributed by atoms with E-state index in [4.69, 9.17) is 0 Å². The van der Waals surface area contributed by atoms with Gasteiger partial charge in [0.2, 0.25) is 0 Å². The fourth-order valence-corrected chi connectivity index (χ4v) is 11.4. The fourth-order valence-electron chi connectivity index (χ4n) is 3.15. The summed E-state index contributed by atoms with van der Waals surface area (Å²) < 4.78 is 3.30. The van der Waals surface area contributed by atoms with E-state index in [1.54, 1.807) is 19.4 Å². The van der Waals surface area contributed by atoms with Crippen molar-refractivity contribution in [2.45, 2.75) is 39.0 Å². The molecule has 3 heteroatoms. The zero-order chi connectivity index (χ0) is 15.1. The lowest BCUT2D eigenvalue weighted by atomic mass is 10.5. The summed E-state index contributed by atoms with van der Waals surface area (Å²) in [6.07, 6.45) is 16.1. The second kappa shape index (κ2) is 5.38. The van der Waals surface area contributed by atoms with Crippen molar-refractivity contribution in [2.75, 3.05) is 0 Å². The van der Waals surface area contributed by atoms with E-state index in [0.717, 1.165) is 0 Å². The van der Waals surface area contributed by atoms with Crippen molar-refractivity contribution >= 4 is 36.5 Å². The van der Waals surface area contributed by atoms with E-state index in [1.807, 2.05) is 0 Å². The van der Waals surface area contributed by atoms with Gasteiger partial charge in [-0.15, -0.1) is 0 Å². The van der Waals surface area contributed by atoms with Gasteiger partial charge in [0.05, 0.1) is 0 Å². The van der Waals surface area contributed by atoms with Crippen LogP contribution in [0.4, 0.5) is 0 Å². The third-order valence-electron chi connectivity index (χ3n) is 4.99. The number of hydrogen-bond donors (Lipinski definition) is 0. The van der Waals surface area contributed by atoms with E-state index in [0.29, 0.717) is 0 Å². The molecular weight excluding hydrogens is 304 g/mol. The number of hydrogen-bond acceptors (Lipinski definition) is 1. The van der Waals surface area contributed by atoms with E-state index in [1.165, 1.54) is 12.8 Å². The minimum absolute atomic E-state index is 1.17. The maximum absolute atomic E-state index is 2.51. The normalized spacial score (nSPS) is 18.3. The summed E-state index contributed by atoms with van der Waals surface area (Å²) in [6.45, 7) is 10.0. The average Bonchev–Trinajstić information content (AvgIpc) is 3.19. The predicted molar refractivity (Wildman–Crippen MR) is 102 cm³/mol. The summed E-state index contributed by atoms with van der Waals surface area (Å²) in [6, 6.07) is 4.87. The number of rotatable bonds is 4. The Balaban J connectivity index is 1.90. The average molecular weight is 329 g/mol. The van der Waals surface area contributed by atoms with Crippen LogP contribution in [0.15, 0.2) is 59.0 Å². The largest absolute Gasteiger partial charge is 0.154 e. The van der Waals surface area contributed by atoms with Gasteiger partial charge in [-0.1, -0.05) is 85.2 Å². The first-order valence-corrected chi connectivity index (χ1v) is 14.6. The van der Waals surface area contributed by atoms with Crippen molar-refractivity contribution in [1.29, 1.82) is 0 Å². The molecule has 2 aliphatic carbocycles. The molecule has 0 aliphatic heterocycles. The molecule has 110 valence electrons. The van der Waals surface area contributed by atoms with E-state index in [2.05, 4.69) is 86.1 Å². The SMILES string of the molecule is C[Si](C)(C1=CC=CC1)c1ccc([Si](C)(C)C2=CC=CC2)s1. The molecule has 0 saturated carbocycles. The Morgan fingerprint density at radius 2 is 1.19 bits per heavy atom. The van der Waals surface area contributed by atoms with E-state index >= 15 is 0 Å². The second-order valence-corrected chi connectivity index (χ2v) is 17.7. The smallest absolute Gasteiger partial charge is 0.120 e. The van der Waals surface area contributed by atoms with Crippen LogP contribution in [0.25, 0.3) is 0 Å². The van der Waals surface area contributed by atoms with Crippen LogP contribution < -0.4 is 9.00 Å². The second-order valence-electron chi connectivity index (χ2n) is 7.06. The van der Waals surface area contributed by atoms with Crippen molar-refractivity contribution in [1.82, 2.24) is 0 Å². The lowest BCUT2D eigenvalue weighted by Gasteiger charge is -2.25. The molecule has 0 spiro atoms. The first-order valence-electron chi connectivity index (χ1n) is 7.75. The zero-order valence-electron chi connectivity index (χ0n) is 13.4. The van der Waals surface area contributed by atoms with Crippen LogP contribution in [-0.2, 0) is 0 Å². The van der Waals surface area contributed by atoms with E-state index in [9.17, 15) is 0 Å². The maximum atomic E-state index is 2.51. The van der Waals surface area contributed by atoms with E-state index in [-0.39, 0.29) is 0 Å². The molecule has 2 aliphatic rings. The molecule has 3 rings (SSSR count). The third-order valence-corrected chi connectivity index (χ3v) is 16.1. The molecule has 0 amide bonds. The monoisotopic (exact) mass is 328 g/mol. The molecule has 1 heterocycles. The van der Waals surface area contributed by atoms with Crippen molar-refractivity contribution < 1.29 is 0 Å². The minimum atomic E-state index is -1.44. The summed E-state index contributed by atoms with van der Waals surface area (Å²) in [5, 5.41) is 3.36. The van der Waals surface area contributed by atoms with E-state index < -0.39 is 16.1 Å². The lowest BCUT2D eigenvalue weighted by molar-refractivity contribution is 1.36. The Kier molecular flexibility index (Phi) is 3.84. The molecule has 0 unspecified atom stereocenters. The molecule has 0 saturated heterocycles. The van der Waals surface area contributed by atoms with Crippen LogP contribution in [-0.4, -0.2) is 16.1 Å². The quantitative estimate of drug-likeness (QED) is 0.717. The van der Waals surface area contributed by atoms with Gasteiger partial charge in [-0.25, -0.2) is 0 Å². The Morgan fingerprint density at radius 3 is 1.52 bits per heavy atom. The molecule has 0 nitrogen and oxygen atoms in total. The van der Waals surface area contributed by atoms with Gasteiger partial charge in [0, 0.05) is 0 Å². The van der Waals surface area contributed by atoms with Crippen LogP contribution in [0.3, 0.4) is 0 Å². The van der Waals surface area contributed by atoms with Crippen LogP contribution in [0.5, 0.6) is 0 Å². The van der Waals surface area contributed by atoms with Gasteiger partial charge in [-0.2, -0.15) is 11.3 Å². The molecular formula is C18H24SSi2. The standard InChI is InChI=1S/C18H24SSi2/c1-20(2,15-9-5-6-10-15)17-13-14-18(19-17)21(3,4)16-11-7-8-12-16/h5-9,11,13-14H,10,12H2,1-4H3. The molecule has 0 N–H and O–H groups in total. The molecule has 1 aromatic rings. The number of allylic oxidation sites excluding steroid dienone is 8. The zero-order valence-corrected chi connectivity index (χ0v) is 16.3. The van der Waals surface area contributed by atoms with Gasteiger partial charge < -0.3 is 0 Å². The summed E-state index contributed by atoms with van der Waals surface area (Å²) in [4.78, 5) is 0.